The molecule has 0 radical (unpaired) electrons. The van der Waals surface area contributed by atoms with Gasteiger partial charge in [0.2, 0.25) is 0 Å². The van der Waals surface area contributed by atoms with Gasteiger partial charge in [0.1, 0.15) is 5.82 Å². The van der Waals surface area contributed by atoms with Crippen LogP contribution in [0.2, 0.25) is 5.02 Å². The second kappa shape index (κ2) is 10.2. The van der Waals surface area contributed by atoms with E-state index in [4.69, 9.17) is 16.3 Å². The van der Waals surface area contributed by atoms with Gasteiger partial charge < -0.3 is 15.4 Å². The van der Waals surface area contributed by atoms with E-state index in [-0.39, 0.29) is 29.9 Å². The summed E-state index contributed by atoms with van der Waals surface area (Å²) in [5.41, 5.74) is 1.09. The van der Waals surface area contributed by atoms with Crippen molar-refractivity contribution in [1.82, 2.24) is 25.6 Å². The molecule has 1 heterocycles. The van der Waals surface area contributed by atoms with E-state index in [1.54, 1.807) is 13.8 Å². The first-order valence-electron chi connectivity index (χ1n) is 9.32. The van der Waals surface area contributed by atoms with E-state index in [0.29, 0.717) is 23.7 Å². The fourth-order valence-corrected chi connectivity index (χ4v) is 2.98. The fourth-order valence-electron chi connectivity index (χ4n) is 2.80. The number of nitrogens with zero attached hydrogens (tertiary/aromatic N) is 3. The third-order valence-electron chi connectivity index (χ3n) is 4.12. The SMILES string of the molecule is CCOC(=O)NC(CNC(=O)c1nnn(-c2ccc(F)c(Cl)c2)c1C)CC(C)C. The van der Waals surface area contributed by atoms with E-state index in [0.717, 1.165) is 0 Å². The number of halogens is 2. The first-order valence-corrected chi connectivity index (χ1v) is 9.69. The van der Waals surface area contributed by atoms with Gasteiger partial charge in [-0.15, -0.1) is 5.10 Å². The highest BCUT2D eigenvalue weighted by Gasteiger charge is 2.20. The summed E-state index contributed by atoms with van der Waals surface area (Å²) >= 11 is 5.81. The zero-order chi connectivity index (χ0) is 21.6. The molecule has 0 spiro atoms. The highest BCUT2D eigenvalue weighted by atomic mass is 35.5. The number of benzene rings is 1. The predicted molar refractivity (Wildman–Crippen MR) is 107 cm³/mol. The van der Waals surface area contributed by atoms with Crippen LogP contribution in [0.15, 0.2) is 18.2 Å². The number of carbonyl (C=O) groups is 2. The molecule has 0 aliphatic rings. The molecule has 2 rings (SSSR count). The lowest BCUT2D eigenvalue weighted by Gasteiger charge is -2.20. The highest BCUT2D eigenvalue weighted by Crippen LogP contribution is 2.20. The zero-order valence-corrected chi connectivity index (χ0v) is 17.6. The Morgan fingerprint density at radius 3 is 2.69 bits per heavy atom. The minimum atomic E-state index is -0.545. The quantitative estimate of drug-likeness (QED) is 0.676. The monoisotopic (exact) mass is 425 g/mol. The molecule has 0 bridgehead atoms. The third kappa shape index (κ3) is 6.15. The maximum Gasteiger partial charge on any atom is 0.407 e. The van der Waals surface area contributed by atoms with Crippen molar-refractivity contribution < 1.29 is 18.7 Å². The summed E-state index contributed by atoms with van der Waals surface area (Å²) in [6.45, 7) is 7.91. The van der Waals surface area contributed by atoms with Crippen LogP contribution in [0.25, 0.3) is 5.69 Å². The van der Waals surface area contributed by atoms with Crippen LogP contribution in [0.4, 0.5) is 9.18 Å². The number of hydrogen-bond acceptors (Lipinski definition) is 5. The van der Waals surface area contributed by atoms with Crippen molar-refractivity contribution in [3.05, 3.63) is 40.4 Å². The van der Waals surface area contributed by atoms with Crippen LogP contribution in [-0.2, 0) is 4.74 Å². The lowest BCUT2D eigenvalue weighted by Crippen LogP contribution is -2.44. The molecule has 2 aromatic rings. The van der Waals surface area contributed by atoms with Crippen LogP contribution >= 0.6 is 11.6 Å². The molecule has 158 valence electrons. The van der Waals surface area contributed by atoms with Crippen LogP contribution in [0.1, 0.15) is 43.4 Å². The van der Waals surface area contributed by atoms with Crippen molar-refractivity contribution in [3.8, 4) is 5.69 Å². The lowest BCUT2D eigenvalue weighted by molar-refractivity contribution is 0.0939. The first-order chi connectivity index (χ1) is 13.7. The molecular weight excluding hydrogens is 401 g/mol. The largest absolute Gasteiger partial charge is 0.450 e. The maximum atomic E-state index is 13.4. The summed E-state index contributed by atoms with van der Waals surface area (Å²) in [7, 11) is 0. The summed E-state index contributed by atoms with van der Waals surface area (Å²) in [5.74, 6) is -0.664. The van der Waals surface area contributed by atoms with Gasteiger partial charge in [0.25, 0.3) is 5.91 Å². The number of carbonyl (C=O) groups excluding carboxylic acids is 2. The Hall–Kier alpha value is -2.68. The second-order valence-corrected chi connectivity index (χ2v) is 7.34. The molecule has 0 fully saturated rings. The van der Waals surface area contributed by atoms with Gasteiger partial charge in [0.15, 0.2) is 5.69 Å². The first kappa shape index (κ1) is 22.6. The topological polar surface area (TPSA) is 98.1 Å². The molecule has 1 atom stereocenters. The predicted octanol–water partition coefficient (Wildman–Crippen LogP) is 3.26. The van der Waals surface area contributed by atoms with Gasteiger partial charge in [0, 0.05) is 12.6 Å². The van der Waals surface area contributed by atoms with Gasteiger partial charge in [-0.25, -0.2) is 13.9 Å². The molecule has 0 saturated heterocycles. The van der Waals surface area contributed by atoms with E-state index in [1.165, 1.54) is 22.9 Å². The van der Waals surface area contributed by atoms with Gasteiger partial charge >= 0.3 is 6.09 Å². The Kier molecular flexibility index (Phi) is 7.95. The summed E-state index contributed by atoms with van der Waals surface area (Å²) in [4.78, 5) is 24.3. The Bertz CT molecular complexity index is 872. The van der Waals surface area contributed by atoms with Crippen molar-refractivity contribution in [2.24, 2.45) is 5.92 Å². The average molecular weight is 426 g/mol. The van der Waals surface area contributed by atoms with Crippen LogP contribution in [0.3, 0.4) is 0 Å². The number of amides is 2. The zero-order valence-electron chi connectivity index (χ0n) is 16.8. The molecule has 1 aromatic heterocycles. The summed E-state index contributed by atoms with van der Waals surface area (Å²) < 4.78 is 19.7. The average Bonchev–Trinajstić information content (AvgIpc) is 3.03. The minimum Gasteiger partial charge on any atom is -0.450 e. The molecule has 8 nitrogen and oxygen atoms in total. The van der Waals surface area contributed by atoms with Crippen molar-refractivity contribution >= 4 is 23.6 Å². The molecule has 1 aromatic carbocycles. The fraction of sp³-hybridized carbons (Fsp3) is 0.474. The maximum absolute atomic E-state index is 13.4. The van der Waals surface area contributed by atoms with E-state index in [2.05, 4.69) is 20.9 Å². The van der Waals surface area contributed by atoms with Crippen LogP contribution in [-0.4, -0.2) is 46.2 Å². The van der Waals surface area contributed by atoms with Crippen LogP contribution in [0, 0.1) is 18.7 Å². The second-order valence-electron chi connectivity index (χ2n) is 6.93. The normalized spacial score (nSPS) is 12.0. The van der Waals surface area contributed by atoms with Crippen molar-refractivity contribution in [2.45, 2.75) is 40.2 Å². The Morgan fingerprint density at radius 2 is 2.07 bits per heavy atom. The van der Waals surface area contributed by atoms with Gasteiger partial charge in [-0.2, -0.15) is 0 Å². The molecule has 1 unspecified atom stereocenters. The highest BCUT2D eigenvalue weighted by molar-refractivity contribution is 6.30. The smallest absolute Gasteiger partial charge is 0.407 e. The summed E-state index contributed by atoms with van der Waals surface area (Å²) in [6.07, 6.45) is 0.140. The van der Waals surface area contributed by atoms with Gasteiger partial charge in [-0.1, -0.05) is 30.7 Å². The van der Waals surface area contributed by atoms with E-state index in [1.807, 2.05) is 13.8 Å². The van der Waals surface area contributed by atoms with Gasteiger partial charge in [-0.05, 0) is 44.4 Å². The molecule has 29 heavy (non-hydrogen) atoms. The molecule has 0 aliphatic carbocycles. The molecule has 2 amide bonds. The third-order valence-corrected chi connectivity index (χ3v) is 4.41. The summed E-state index contributed by atoms with van der Waals surface area (Å²) in [6, 6.07) is 3.83. The minimum absolute atomic E-state index is 0.0510. The van der Waals surface area contributed by atoms with Gasteiger partial charge in [-0.3, -0.25) is 4.79 Å². The Balaban J connectivity index is 2.08. The molecule has 10 heteroatoms. The number of aromatic nitrogens is 3. The molecular formula is C19H25ClFN5O3. The standard InChI is InChI=1S/C19H25ClFN5O3/c1-5-29-19(28)23-13(8-11(2)3)10-22-18(27)17-12(4)26(25-24-17)14-6-7-16(21)15(20)9-14/h6-7,9,11,13H,5,8,10H2,1-4H3,(H,22,27)(H,23,28). The van der Waals surface area contributed by atoms with E-state index < -0.39 is 17.8 Å². The number of nitrogens with one attached hydrogen (secondary N) is 2. The van der Waals surface area contributed by atoms with Crippen molar-refractivity contribution in [3.63, 3.8) is 0 Å². The lowest BCUT2D eigenvalue weighted by atomic mass is 10.0. The Labute approximate surface area is 173 Å². The van der Waals surface area contributed by atoms with Crippen LogP contribution in [0.5, 0.6) is 0 Å². The molecule has 0 aliphatic heterocycles. The number of alkyl carbamates (subject to hydrolysis) is 1. The number of ether oxygens (including phenoxy) is 1. The van der Waals surface area contributed by atoms with E-state index in [9.17, 15) is 14.0 Å². The number of rotatable bonds is 8. The Morgan fingerprint density at radius 1 is 1.34 bits per heavy atom. The van der Waals surface area contributed by atoms with Crippen molar-refractivity contribution in [2.75, 3.05) is 13.2 Å². The molecule has 2 N–H and O–H groups in total. The number of hydrogen-bond donors (Lipinski definition) is 2. The van der Waals surface area contributed by atoms with Gasteiger partial charge in [0.05, 0.1) is 23.0 Å². The van der Waals surface area contributed by atoms with Crippen molar-refractivity contribution in [1.29, 1.82) is 0 Å². The molecule has 0 saturated carbocycles. The van der Waals surface area contributed by atoms with Crippen LogP contribution < -0.4 is 10.6 Å². The summed E-state index contributed by atoms with van der Waals surface area (Å²) in [5, 5.41) is 13.3. The van der Waals surface area contributed by atoms with E-state index >= 15 is 0 Å².